The van der Waals surface area contributed by atoms with Crippen molar-refractivity contribution >= 4 is 11.3 Å². The van der Waals surface area contributed by atoms with Gasteiger partial charge in [-0.3, -0.25) is 9.80 Å². The van der Waals surface area contributed by atoms with E-state index < -0.39 is 0 Å². The molecule has 0 aliphatic carbocycles. The monoisotopic (exact) mass is 406 g/mol. The van der Waals surface area contributed by atoms with Gasteiger partial charge in [-0.1, -0.05) is 54.6 Å². The molecule has 1 aliphatic heterocycles. The number of benzene rings is 2. The highest BCUT2D eigenvalue weighted by molar-refractivity contribution is 7.09. The van der Waals surface area contributed by atoms with Crippen molar-refractivity contribution in [3.05, 3.63) is 88.1 Å². The molecule has 3 aromatic rings. The number of hydrogen-bond acceptors (Lipinski definition) is 4. The molecule has 0 atom stereocenters. The molecule has 4 heteroatoms. The van der Waals surface area contributed by atoms with Crippen LogP contribution in [0.25, 0.3) is 0 Å². The van der Waals surface area contributed by atoms with E-state index in [1.807, 2.05) is 11.3 Å². The third-order valence-electron chi connectivity index (χ3n) is 5.77. The largest absolute Gasteiger partial charge is 0.496 e. The second-order valence-electron chi connectivity index (χ2n) is 7.83. The van der Waals surface area contributed by atoms with Gasteiger partial charge >= 0.3 is 0 Å². The van der Waals surface area contributed by atoms with Crippen LogP contribution in [0, 0.1) is 0 Å². The van der Waals surface area contributed by atoms with Crippen molar-refractivity contribution in [2.24, 2.45) is 0 Å². The Morgan fingerprint density at radius 2 is 1.69 bits per heavy atom. The summed E-state index contributed by atoms with van der Waals surface area (Å²) >= 11 is 1.85. The first-order valence-electron chi connectivity index (χ1n) is 10.5. The molecule has 0 unspecified atom stereocenters. The standard InChI is InChI=1S/C25H30N2OS/c1-28-25-12-6-5-11-24(25)22-13-15-26(16-14-22)20-27(19-23-10-7-17-29-23)18-21-8-3-2-4-9-21/h2-12,17,22H,13-16,18-20H2,1H3. The highest BCUT2D eigenvalue weighted by atomic mass is 32.1. The van der Waals surface area contributed by atoms with Crippen LogP contribution in [-0.4, -0.2) is 36.7 Å². The van der Waals surface area contributed by atoms with Gasteiger partial charge in [-0.2, -0.15) is 0 Å². The molecule has 1 saturated heterocycles. The van der Waals surface area contributed by atoms with E-state index in [0.29, 0.717) is 5.92 Å². The van der Waals surface area contributed by atoms with E-state index in [2.05, 4.69) is 81.9 Å². The van der Waals surface area contributed by atoms with Gasteiger partial charge in [0.1, 0.15) is 5.75 Å². The molecule has 1 aliphatic rings. The van der Waals surface area contributed by atoms with Crippen molar-refractivity contribution < 1.29 is 4.74 Å². The Balaban J connectivity index is 1.38. The molecule has 29 heavy (non-hydrogen) atoms. The van der Waals surface area contributed by atoms with Crippen LogP contribution in [-0.2, 0) is 13.1 Å². The first-order chi connectivity index (χ1) is 14.3. The molecule has 2 aromatic carbocycles. The lowest BCUT2D eigenvalue weighted by atomic mass is 9.89. The lowest BCUT2D eigenvalue weighted by molar-refractivity contribution is 0.0967. The van der Waals surface area contributed by atoms with Gasteiger partial charge in [0.05, 0.1) is 13.8 Å². The predicted octanol–water partition coefficient (Wildman–Crippen LogP) is 5.60. The van der Waals surface area contributed by atoms with Crippen LogP contribution in [0.5, 0.6) is 5.75 Å². The molecule has 0 N–H and O–H groups in total. The molecule has 1 aromatic heterocycles. The second kappa shape index (κ2) is 10.1. The van der Waals surface area contributed by atoms with Crippen LogP contribution in [0.2, 0.25) is 0 Å². The van der Waals surface area contributed by atoms with Gasteiger partial charge in [0.25, 0.3) is 0 Å². The Hall–Kier alpha value is -2.14. The molecule has 1 fully saturated rings. The van der Waals surface area contributed by atoms with Crippen LogP contribution >= 0.6 is 11.3 Å². The fourth-order valence-electron chi connectivity index (χ4n) is 4.29. The average molecular weight is 407 g/mol. The Bertz CT molecular complexity index is 858. The smallest absolute Gasteiger partial charge is 0.122 e. The molecule has 0 bridgehead atoms. The van der Waals surface area contributed by atoms with Crippen molar-refractivity contribution in [1.82, 2.24) is 9.80 Å². The van der Waals surface area contributed by atoms with Crippen molar-refractivity contribution in [2.45, 2.75) is 31.8 Å². The van der Waals surface area contributed by atoms with E-state index in [4.69, 9.17) is 4.74 Å². The molecule has 2 heterocycles. The van der Waals surface area contributed by atoms with E-state index in [1.54, 1.807) is 7.11 Å². The molecule has 0 radical (unpaired) electrons. The summed E-state index contributed by atoms with van der Waals surface area (Å²) in [6.45, 7) is 5.30. The minimum Gasteiger partial charge on any atom is -0.496 e. The van der Waals surface area contributed by atoms with E-state index >= 15 is 0 Å². The number of piperidine rings is 1. The number of nitrogens with zero attached hydrogens (tertiary/aromatic N) is 2. The molecule has 152 valence electrons. The predicted molar refractivity (Wildman–Crippen MR) is 121 cm³/mol. The fraction of sp³-hybridized carbons (Fsp3) is 0.360. The average Bonchev–Trinajstić information content (AvgIpc) is 3.28. The normalized spacial score (nSPS) is 15.7. The summed E-state index contributed by atoms with van der Waals surface area (Å²) in [6, 6.07) is 23.7. The summed E-state index contributed by atoms with van der Waals surface area (Å²) in [5, 5.41) is 2.18. The van der Waals surface area contributed by atoms with Gasteiger partial charge in [0.15, 0.2) is 0 Å². The highest BCUT2D eigenvalue weighted by Gasteiger charge is 2.24. The van der Waals surface area contributed by atoms with Crippen molar-refractivity contribution in [3.8, 4) is 5.75 Å². The van der Waals surface area contributed by atoms with Gasteiger partial charge in [-0.15, -0.1) is 11.3 Å². The summed E-state index contributed by atoms with van der Waals surface area (Å²) < 4.78 is 5.59. The Morgan fingerprint density at radius 1 is 0.931 bits per heavy atom. The maximum Gasteiger partial charge on any atom is 0.122 e. The van der Waals surface area contributed by atoms with Crippen molar-refractivity contribution in [3.63, 3.8) is 0 Å². The van der Waals surface area contributed by atoms with Gasteiger partial charge in [0.2, 0.25) is 0 Å². The molecular weight excluding hydrogens is 376 g/mol. The number of ether oxygens (including phenoxy) is 1. The van der Waals surface area contributed by atoms with Crippen LogP contribution < -0.4 is 4.74 Å². The van der Waals surface area contributed by atoms with E-state index in [1.165, 1.54) is 28.8 Å². The van der Waals surface area contributed by atoms with Gasteiger partial charge in [-0.05, 0) is 60.5 Å². The van der Waals surface area contributed by atoms with E-state index in [-0.39, 0.29) is 0 Å². The number of methoxy groups -OCH3 is 1. The Kier molecular flexibility index (Phi) is 6.99. The maximum atomic E-state index is 5.59. The second-order valence-corrected chi connectivity index (χ2v) is 8.86. The zero-order valence-corrected chi connectivity index (χ0v) is 18.0. The fourth-order valence-corrected chi connectivity index (χ4v) is 5.04. The summed E-state index contributed by atoms with van der Waals surface area (Å²) in [7, 11) is 1.78. The quantitative estimate of drug-likeness (QED) is 0.484. The van der Waals surface area contributed by atoms with Crippen LogP contribution in [0.3, 0.4) is 0 Å². The van der Waals surface area contributed by atoms with E-state index in [0.717, 1.165) is 38.6 Å². The number of para-hydroxylation sites is 1. The van der Waals surface area contributed by atoms with Crippen molar-refractivity contribution in [2.75, 3.05) is 26.9 Å². The van der Waals surface area contributed by atoms with Crippen LogP contribution in [0.4, 0.5) is 0 Å². The third-order valence-corrected chi connectivity index (χ3v) is 6.64. The molecular formula is C25H30N2OS. The Labute approximate surface area is 178 Å². The zero-order chi connectivity index (χ0) is 19.9. The first kappa shape index (κ1) is 20.1. The minimum atomic E-state index is 0.599. The van der Waals surface area contributed by atoms with Crippen LogP contribution in [0.1, 0.15) is 34.8 Å². The molecule has 3 nitrogen and oxygen atoms in total. The highest BCUT2D eigenvalue weighted by Crippen LogP contribution is 2.34. The lowest BCUT2D eigenvalue weighted by Gasteiger charge is -2.36. The summed E-state index contributed by atoms with van der Waals surface area (Å²) in [4.78, 5) is 6.62. The SMILES string of the molecule is COc1ccccc1C1CCN(CN(Cc2ccccc2)Cc2cccs2)CC1. The number of rotatable bonds is 8. The zero-order valence-electron chi connectivity index (χ0n) is 17.2. The van der Waals surface area contributed by atoms with Gasteiger partial charge in [-0.25, -0.2) is 0 Å². The first-order valence-corrected chi connectivity index (χ1v) is 11.3. The Morgan fingerprint density at radius 3 is 2.41 bits per heavy atom. The molecule has 0 saturated carbocycles. The molecule has 0 spiro atoms. The van der Waals surface area contributed by atoms with Gasteiger partial charge in [0, 0.05) is 18.0 Å². The third kappa shape index (κ3) is 5.47. The lowest BCUT2D eigenvalue weighted by Crippen LogP contribution is -2.41. The molecule has 0 amide bonds. The number of hydrogen-bond donors (Lipinski definition) is 0. The topological polar surface area (TPSA) is 15.7 Å². The minimum absolute atomic E-state index is 0.599. The summed E-state index contributed by atoms with van der Waals surface area (Å²) in [5.41, 5.74) is 2.75. The van der Waals surface area contributed by atoms with E-state index in [9.17, 15) is 0 Å². The molecule has 4 rings (SSSR count). The summed E-state index contributed by atoms with van der Waals surface area (Å²) in [6.07, 6.45) is 2.39. The van der Waals surface area contributed by atoms with Gasteiger partial charge < -0.3 is 4.74 Å². The van der Waals surface area contributed by atoms with Crippen LogP contribution in [0.15, 0.2) is 72.1 Å². The number of thiophene rings is 1. The van der Waals surface area contributed by atoms with Crippen molar-refractivity contribution in [1.29, 1.82) is 0 Å². The maximum absolute atomic E-state index is 5.59. The summed E-state index contributed by atoms with van der Waals surface area (Å²) in [5.74, 6) is 1.64. The number of likely N-dealkylation sites (tertiary alicyclic amines) is 1.